The number of unbranched alkanes of at least 4 members (excludes halogenated alkanes) is 1. The number of benzene rings is 1. The molecule has 1 aromatic rings. The summed E-state index contributed by atoms with van der Waals surface area (Å²) >= 11 is 0. The first kappa shape index (κ1) is 17.8. The van der Waals surface area contributed by atoms with Crippen molar-refractivity contribution in [1.82, 2.24) is 0 Å². The van der Waals surface area contributed by atoms with Crippen LogP contribution in [0.5, 0.6) is 0 Å². The van der Waals surface area contributed by atoms with Crippen LogP contribution in [0.1, 0.15) is 43.2 Å². The molecule has 0 bridgehead atoms. The van der Waals surface area contributed by atoms with Crippen LogP contribution in [-0.4, -0.2) is 19.5 Å². The molecule has 2 rings (SSSR count). The van der Waals surface area contributed by atoms with Gasteiger partial charge in [-0.3, -0.25) is 0 Å². The second-order valence-electron chi connectivity index (χ2n) is 5.35. The smallest absolute Gasteiger partial charge is 0.157 e. The Balaban J connectivity index is 1.64. The Labute approximate surface area is 144 Å². The van der Waals surface area contributed by atoms with E-state index in [1.165, 1.54) is 6.42 Å². The number of allylic oxidation sites excluding steroid dienone is 2. The number of ether oxygens (including phenoxy) is 2. The molecule has 1 fully saturated rings. The quantitative estimate of drug-likeness (QED) is 0.626. The number of hydrogen-bond donors (Lipinski definition) is 0. The van der Waals surface area contributed by atoms with E-state index in [1.807, 2.05) is 18.2 Å². The molecule has 0 saturated carbocycles. The highest BCUT2D eigenvalue weighted by molar-refractivity contribution is 5.48. The van der Waals surface area contributed by atoms with Gasteiger partial charge in [0.2, 0.25) is 0 Å². The van der Waals surface area contributed by atoms with Crippen LogP contribution in [0.3, 0.4) is 0 Å². The van der Waals surface area contributed by atoms with E-state index < -0.39 is 0 Å². The summed E-state index contributed by atoms with van der Waals surface area (Å²) in [5.74, 6) is 11.9. The molecule has 3 nitrogen and oxygen atoms in total. The third kappa shape index (κ3) is 6.72. The van der Waals surface area contributed by atoms with Crippen LogP contribution in [0.4, 0.5) is 0 Å². The zero-order chi connectivity index (χ0) is 16.9. The van der Waals surface area contributed by atoms with Crippen LogP contribution in [0.15, 0.2) is 36.4 Å². The Hall–Kier alpha value is -2.51. The fraction of sp³-hybridized carbons (Fsp3) is 0.381. The summed E-state index contributed by atoms with van der Waals surface area (Å²) < 4.78 is 11.1. The van der Waals surface area contributed by atoms with Crippen LogP contribution < -0.4 is 0 Å². The van der Waals surface area contributed by atoms with Crippen LogP contribution >= 0.6 is 0 Å². The molecule has 0 spiro atoms. The van der Waals surface area contributed by atoms with Gasteiger partial charge in [-0.15, -0.1) is 0 Å². The molecule has 3 heteroatoms. The maximum Gasteiger partial charge on any atom is 0.157 e. The van der Waals surface area contributed by atoms with Gasteiger partial charge in [0.15, 0.2) is 6.29 Å². The van der Waals surface area contributed by atoms with Crippen LogP contribution in [0.2, 0.25) is 0 Å². The summed E-state index contributed by atoms with van der Waals surface area (Å²) in [4.78, 5) is 0. The lowest BCUT2D eigenvalue weighted by atomic mass is 10.1. The first-order chi connectivity index (χ1) is 11.9. The van der Waals surface area contributed by atoms with Gasteiger partial charge in [0.05, 0.1) is 12.2 Å². The summed E-state index contributed by atoms with van der Waals surface area (Å²) in [5.41, 5.74) is 1.33. The molecule has 1 aliphatic heterocycles. The molecule has 1 atom stereocenters. The van der Waals surface area contributed by atoms with E-state index in [-0.39, 0.29) is 6.29 Å². The maximum absolute atomic E-state index is 8.97. The summed E-state index contributed by atoms with van der Waals surface area (Å²) in [6.07, 6.45) is 8.45. The summed E-state index contributed by atoms with van der Waals surface area (Å²) in [7, 11) is 0. The van der Waals surface area contributed by atoms with Gasteiger partial charge in [-0.25, -0.2) is 0 Å². The third-order valence-corrected chi connectivity index (χ3v) is 3.49. The van der Waals surface area contributed by atoms with Gasteiger partial charge in [0.1, 0.15) is 6.07 Å². The average Bonchev–Trinajstić information content (AvgIpc) is 2.64. The van der Waals surface area contributed by atoms with Gasteiger partial charge >= 0.3 is 0 Å². The van der Waals surface area contributed by atoms with Crippen LogP contribution in [0.25, 0.3) is 0 Å². The highest BCUT2D eigenvalue weighted by Crippen LogP contribution is 2.13. The van der Waals surface area contributed by atoms with Crippen LogP contribution in [0, 0.1) is 35.0 Å². The molecule has 1 unspecified atom stereocenters. The van der Waals surface area contributed by atoms with E-state index in [0.29, 0.717) is 12.2 Å². The normalized spacial score (nSPS) is 16.5. The van der Waals surface area contributed by atoms with E-state index >= 15 is 0 Å². The lowest BCUT2D eigenvalue weighted by molar-refractivity contribution is -0.162. The highest BCUT2D eigenvalue weighted by atomic mass is 16.7. The number of rotatable bonds is 4. The molecule has 1 aliphatic rings. The van der Waals surface area contributed by atoms with Crippen molar-refractivity contribution in [2.24, 2.45) is 0 Å². The molecule has 24 heavy (non-hydrogen) atoms. The average molecular weight is 319 g/mol. The van der Waals surface area contributed by atoms with Crippen molar-refractivity contribution in [3.05, 3.63) is 47.5 Å². The van der Waals surface area contributed by atoms with Gasteiger partial charge < -0.3 is 9.47 Å². The summed E-state index contributed by atoms with van der Waals surface area (Å²) in [6.45, 7) is 1.50. The molecular formula is C21H21NO2. The first-order valence-corrected chi connectivity index (χ1v) is 8.27. The molecule has 0 amide bonds. The molecule has 0 aliphatic carbocycles. The van der Waals surface area contributed by atoms with Crippen molar-refractivity contribution in [1.29, 1.82) is 5.26 Å². The first-order valence-electron chi connectivity index (χ1n) is 8.27. The second kappa shape index (κ2) is 11.1. The number of hydrogen-bond acceptors (Lipinski definition) is 3. The van der Waals surface area contributed by atoms with Gasteiger partial charge in [-0.05, 0) is 50.0 Å². The number of nitrogens with zero attached hydrogens (tertiary/aromatic N) is 1. The largest absolute Gasteiger partial charge is 0.353 e. The standard InChI is InChI=1S/C21H21NO2/c22-18-20-14-8-7-13-19(20)12-6-4-2-1-3-5-10-16-23-21-15-9-11-17-24-21/h2,4,7-8,13-14,21H,5,9-11,15-17H2/b4-2+. The predicted molar refractivity (Wildman–Crippen MR) is 93.7 cm³/mol. The van der Waals surface area contributed by atoms with Crippen LogP contribution in [-0.2, 0) is 9.47 Å². The van der Waals surface area contributed by atoms with Gasteiger partial charge in [0.25, 0.3) is 0 Å². The Kier molecular flexibility index (Phi) is 8.24. The minimum atomic E-state index is -0.0156. The zero-order valence-corrected chi connectivity index (χ0v) is 13.8. The molecule has 122 valence electrons. The molecule has 0 radical (unpaired) electrons. The van der Waals surface area contributed by atoms with E-state index in [0.717, 1.165) is 37.9 Å². The maximum atomic E-state index is 8.97. The third-order valence-electron chi connectivity index (χ3n) is 3.49. The van der Waals surface area contributed by atoms with Crippen molar-refractivity contribution in [2.45, 2.75) is 38.4 Å². The van der Waals surface area contributed by atoms with Gasteiger partial charge in [-0.1, -0.05) is 35.8 Å². The monoisotopic (exact) mass is 319 g/mol. The zero-order valence-electron chi connectivity index (χ0n) is 13.8. The molecule has 1 aromatic carbocycles. The molecule has 1 saturated heterocycles. The van der Waals surface area contributed by atoms with Gasteiger partial charge in [-0.2, -0.15) is 5.26 Å². The van der Waals surface area contributed by atoms with Crippen molar-refractivity contribution in [3.63, 3.8) is 0 Å². The van der Waals surface area contributed by atoms with E-state index in [9.17, 15) is 0 Å². The van der Waals surface area contributed by atoms with E-state index in [4.69, 9.17) is 14.7 Å². The summed E-state index contributed by atoms with van der Waals surface area (Å²) in [6, 6.07) is 9.42. The molecule has 0 aromatic heterocycles. The fourth-order valence-electron chi connectivity index (χ4n) is 2.24. The molecular weight excluding hydrogens is 298 g/mol. The van der Waals surface area contributed by atoms with Crippen molar-refractivity contribution < 1.29 is 9.47 Å². The molecule has 0 N–H and O–H groups in total. The minimum absolute atomic E-state index is 0.0156. The van der Waals surface area contributed by atoms with E-state index in [1.54, 1.807) is 18.2 Å². The summed E-state index contributed by atoms with van der Waals surface area (Å²) in [5, 5.41) is 8.97. The Morgan fingerprint density at radius 3 is 2.79 bits per heavy atom. The Morgan fingerprint density at radius 2 is 2.00 bits per heavy atom. The Morgan fingerprint density at radius 1 is 1.17 bits per heavy atom. The Bertz CT molecular complexity index is 701. The SMILES string of the molecule is N#Cc1ccccc1C#C/C=C/C#CCCCOC1CCCCO1. The lowest BCUT2D eigenvalue weighted by Gasteiger charge is -2.22. The highest BCUT2D eigenvalue weighted by Gasteiger charge is 2.12. The number of nitriles is 1. The minimum Gasteiger partial charge on any atom is -0.353 e. The topological polar surface area (TPSA) is 42.2 Å². The van der Waals surface area contributed by atoms with E-state index in [2.05, 4.69) is 29.8 Å². The fourth-order valence-corrected chi connectivity index (χ4v) is 2.24. The second-order valence-corrected chi connectivity index (χ2v) is 5.35. The van der Waals surface area contributed by atoms with Crippen molar-refractivity contribution in [2.75, 3.05) is 13.2 Å². The molecule has 1 heterocycles. The predicted octanol–water partition coefficient (Wildman–Crippen LogP) is 3.79. The van der Waals surface area contributed by atoms with Gasteiger partial charge in [0, 0.05) is 18.6 Å². The van der Waals surface area contributed by atoms with Crippen molar-refractivity contribution >= 4 is 0 Å². The lowest BCUT2D eigenvalue weighted by Crippen LogP contribution is -2.22. The van der Waals surface area contributed by atoms with Crippen molar-refractivity contribution in [3.8, 4) is 29.8 Å².